The number of aryl methyl sites for hydroxylation is 1. The van der Waals surface area contributed by atoms with E-state index in [0.717, 1.165) is 11.1 Å². The number of nitrogens with zero attached hydrogens (tertiary/aromatic N) is 4. The molecule has 1 aromatic carbocycles. The summed E-state index contributed by atoms with van der Waals surface area (Å²) in [6.45, 7) is 1.87. The lowest BCUT2D eigenvalue weighted by atomic mass is 9.96. The van der Waals surface area contributed by atoms with Crippen LogP contribution in [0.3, 0.4) is 0 Å². The molecular weight excluding hydrogens is 396 g/mol. The van der Waals surface area contributed by atoms with Crippen molar-refractivity contribution in [3.63, 3.8) is 0 Å². The molecule has 1 fully saturated rings. The van der Waals surface area contributed by atoms with E-state index in [1.54, 1.807) is 36.0 Å². The molecule has 0 unspecified atom stereocenters. The van der Waals surface area contributed by atoms with Crippen molar-refractivity contribution < 1.29 is 19.7 Å². The van der Waals surface area contributed by atoms with E-state index in [0.29, 0.717) is 21.8 Å². The molecule has 1 amide bonds. The van der Waals surface area contributed by atoms with Gasteiger partial charge in [0.2, 0.25) is 0 Å². The number of benzene rings is 1. The number of carbonyl (C=O) groups excluding carboxylic acids is 1. The molecule has 5 atom stereocenters. The first-order chi connectivity index (χ1) is 13.9. The molecule has 5 rings (SSSR count). The van der Waals surface area contributed by atoms with Crippen molar-refractivity contribution in [3.8, 4) is 0 Å². The number of amides is 1. The lowest BCUT2D eigenvalue weighted by Crippen LogP contribution is -2.40. The maximum Gasteiger partial charge on any atom is 0.254 e. The third-order valence-corrected chi connectivity index (χ3v) is 6.11. The number of ether oxygens (including phenoxy) is 1. The summed E-state index contributed by atoms with van der Waals surface area (Å²) in [6, 6.07) is 6.39. The van der Waals surface area contributed by atoms with E-state index in [1.807, 2.05) is 13.0 Å². The average Bonchev–Trinajstić information content (AvgIpc) is 3.32. The zero-order chi connectivity index (χ0) is 20.4. The van der Waals surface area contributed by atoms with Gasteiger partial charge in [-0.25, -0.2) is 9.97 Å². The van der Waals surface area contributed by atoms with E-state index in [9.17, 15) is 15.0 Å². The number of aromatic nitrogens is 3. The Balaban J connectivity index is 1.54. The van der Waals surface area contributed by atoms with Gasteiger partial charge in [0, 0.05) is 29.2 Å². The second-order valence-corrected chi connectivity index (χ2v) is 7.92. The van der Waals surface area contributed by atoms with Crippen molar-refractivity contribution in [2.45, 2.75) is 37.5 Å². The van der Waals surface area contributed by atoms with Crippen LogP contribution in [0.5, 0.6) is 0 Å². The summed E-state index contributed by atoms with van der Waals surface area (Å²) < 4.78 is 7.84. The Morgan fingerprint density at radius 3 is 2.76 bits per heavy atom. The van der Waals surface area contributed by atoms with Gasteiger partial charge in [0.05, 0.1) is 11.7 Å². The highest BCUT2D eigenvalue weighted by Gasteiger charge is 2.52. The summed E-state index contributed by atoms with van der Waals surface area (Å²) in [7, 11) is 1.65. The zero-order valence-electron chi connectivity index (χ0n) is 15.7. The number of aliphatic hydroxyl groups excluding tert-OH is 2. The molecule has 0 aliphatic carbocycles. The van der Waals surface area contributed by atoms with E-state index >= 15 is 0 Å². The average molecular weight is 415 g/mol. The van der Waals surface area contributed by atoms with Crippen LogP contribution in [0.2, 0.25) is 5.02 Å². The summed E-state index contributed by atoms with van der Waals surface area (Å²) >= 11 is 6.05. The number of halogens is 1. The molecule has 0 saturated carbocycles. The Bertz CT molecular complexity index is 1130. The Labute approximate surface area is 171 Å². The number of aliphatic hydroxyl groups is 2. The van der Waals surface area contributed by atoms with Crippen LogP contribution in [0.1, 0.15) is 33.9 Å². The van der Waals surface area contributed by atoms with Crippen molar-refractivity contribution in [2.24, 2.45) is 0 Å². The maximum atomic E-state index is 12.7. The van der Waals surface area contributed by atoms with Crippen LogP contribution < -0.4 is 0 Å². The van der Waals surface area contributed by atoms with Gasteiger partial charge in [-0.15, -0.1) is 0 Å². The SMILES string of the molecule is Cc1ncnc2c1ccn2[C@@H]1O[C@H]([C@H]2c3ccc(Cl)cc3C(=O)N2C)[C@@H](O)[C@H]1O. The van der Waals surface area contributed by atoms with E-state index in [1.165, 1.54) is 11.2 Å². The molecule has 2 aliphatic heterocycles. The van der Waals surface area contributed by atoms with Crippen molar-refractivity contribution in [1.29, 1.82) is 0 Å². The molecule has 8 nitrogen and oxygen atoms in total. The van der Waals surface area contributed by atoms with Gasteiger partial charge >= 0.3 is 0 Å². The summed E-state index contributed by atoms with van der Waals surface area (Å²) in [4.78, 5) is 22.7. The smallest absolute Gasteiger partial charge is 0.254 e. The zero-order valence-corrected chi connectivity index (χ0v) is 16.5. The summed E-state index contributed by atoms with van der Waals surface area (Å²) in [5.74, 6) is -0.198. The monoisotopic (exact) mass is 414 g/mol. The molecule has 2 aromatic heterocycles. The Morgan fingerprint density at radius 2 is 1.97 bits per heavy atom. The fraction of sp³-hybridized carbons (Fsp3) is 0.350. The first-order valence-corrected chi connectivity index (χ1v) is 9.62. The Kier molecular flexibility index (Phi) is 4.15. The number of fused-ring (bicyclic) bond motifs is 2. The van der Waals surface area contributed by atoms with E-state index in [2.05, 4.69) is 9.97 Å². The molecule has 0 radical (unpaired) electrons. The fourth-order valence-corrected chi connectivity index (χ4v) is 4.55. The van der Waals surface area contributed by atoms with Crippen molar-refractivity contribution in [2.75, 3.05) is 7.05 Å². The summed E-state index contributed by atoms with van der Waals surface area (Å²) in [6.07, 6.45) is -0.833. The molecule has 29 heavy (non-hydrogen) atoms. The normalized spacial score (nSPS) is 29.1. The van der Waals surface area contributed by atoms with E-state index in [4.69, 9.17) is 16.3 Å². The van der Waals surface area contributed by atoms with Crippen LogP contribution >= 0.6 is 11.6 Å². The predicted octanol–water partition coefficient (Wildman–Crippen LogP) is 1.84. The lowest BCUT2D eigenvalue weighted by Gasteiger charge is -2.28. The van der Waals surface area contributed by atoms with Gasteiger partial charge in [-0.1, -0.05) is 17.7 Å². The molecule has 3 aromatic rings. The largest absolute Gasteiger partial charge is 0.387 e. The topological polar surface area (TPSA) is 101 Å². The first kappa shape index (κ1) is 18.5. The van der Waals surface area contributed by atoms with Gasteiger partial charge in [0.25, 0.3) is 5.91 Å². The van der Waals surface area contributed by atoms with Crippen LogP contribution in [0.15, 0.2) is 36.8 Å². The molecular formula is C20H19ClN4O4. The first-order valence-electron chi connectivity index (χ1n) is 9.25. The number of likely N-dealkylation sites (N-methyl/N-ethyl adjacent to an activating group) is 1. The molecule has 2 N–H and O–H groups in total. The van der Waals surface area contributed by atoms with E-state index < -0.39 is 30.6 Å². The predicted molar refractivity (Wildman–Crippen MR) is 104 cm³/mol. The Hall–Kier alpha value is -2.52. The third kappa shape index (κ3) is 2.60. The number of rotatable bonds is 2. The highest BCUT2D eigenvalue weighted by atomic mass is 35.5. The number of carbonyl (C=O) groups is 1. The molecule has 150 valence electrons. The van der Waals surface area contributed by atoms with Gasteiger partial charge in [-0.05, 0) is 30.7 Å². The van der Waals surface area contributed by atoms with Crippen LogP contribution in [-0.4, -0.2) is 60.9 Å². The number of hydrogen-bond acceptors (Lipinski definition) is 6. The van der Waals surface area contributed by atoms with Crippen LogP contribution in [0.4, 0.5) is 0 Å². The second kappa shape index (κ2) is 6.50. The van der Waals surface area contributed by atoms with Gasteiger partial charge < -0.3 is 24.4 Å². The van der Waals surface area contributed by atoms with Crippen LogP contribution in [0, 0.1) is 6.92 Å². The second-order valence-electron chi connectivity index (χ2n) is 7.48. The highest BCUT2D eigenvalue weighted by Crippen LogP contribution is 2.44. The van der Waals surface area contributed by atoms with Crippen molar-refractivity contribution >= 4 is 28.5 Å². The van der Waals surface area contributed by atoms with Crippen molar-refractivity contribution in [3.05, 3.63) is 58.6 Å². The maximum absolute atomic E-state index is 12.7. The summed E-state index contributed by atoms with van der Waals surface area (Å²) in [5, 5.41) is 22.9. The van der Waals surface area contributed by atoms with Crippen LogP contribution in [0.25, 0.3) is 11.0 Å². The minimum atomic E-state index is -1.19. The highest BCUT2D eigenvalue weighted by molar-refractivity contribution is 6.31. The fourth-order valence-electron chi connectivity index (χ4n) is 4.37. The molecule has 2 aliphatic rings. The minimum Gasteiger partial charge on any atom is -0.387 e. The lowest BCUT2D eigenvalue weighted by molar-refractivity contribution is -0.0582. The molecule has 0 spiro atoms. The van der Waals surface area contributed by atoms with Gasteiger partial charge in [-0.2, -0.15) is 0 Å². The molecule has 0 bridgehead atoms. The Morgan fingerprint density at radius 1 is 1.17 bits per heavy atom. The molecule has 4 heterocycles. The van der Waals surface area contributed by atoms with E-state index in [-0.39, 0.29) is 5.91 Å². The number of hydrogen-bond donors (Lipinski definition) is 2. The van der Waals surface area contributed by atoms with Gasteiger partial charge in [0.1, 0.15) is 30.3 Å². The minimum absolute atomic E-state index is 0.198. The molecule has 1 saturated heterocycles. The van der Waals surface area contributed by atoms with Gasteiger partial charge in [0.15, 0.2) is 6.23 Å². The standard InChI is InChI=1S/C20H19ClN4O4/c1-9-11-5-6-25(18(11)23-8-22-9)20-16(27)15(26)17(29-20)14-12-4-3-10(21)7-13(12)19(28)24(14)2/h3-8,14-17,20,26-27H,1-2H3/t14-,15+,16-,17-,20-/m1/s1. The molecule has 9 heteroatoms. The van der Waals surface area contributed by atoms with Crippen molar-refractivity contribution in [1.82, 2.24) is 19.4 Å². The van der Waals surface area contributed by atoms with Crippen LogP contribution in [-0.2, 0) is 4.74 Å². The summed E-state index contributed by atoms with van der Waals surface area (Å²) in [5.41, 5.74) is 2.62. The van der Waals surface area contributed by atoms with Gasteiger partial charge in [-0.3, -0.25) is 4.79 Å². The quantitative estimate of drug-likeness (QED) is 0.663. The third-order valence-electron chi connectivity index (χ3n) is 5.87.